The molecule has 0 aliphatic rings. The lowest BCUT2D eigenvalue weighted by molar-refractivity contribution is 1.18. The largest absolute Gasteiger partial charge is 0.309 e. The first-order valence-corrected chi connectivity index (χ1v) is 9.31. The molecule has 0 amide bonds. The minimum atomic E-state index is 0.993. The minimum absolute atomic E-state index is 0.993. The fourth-order valence-corrected chi connectivity index (χ4v) is 3.89. The molecular formula is C23H15BrN2. The molecule has 0 saturated heterocycles. The van der Waals surface area contributed by atoms with E-state index in [1.54, 1.807) is 0 Å². The van der Waals surface area contributed by atoms with Crippen molar-refractivity contribution >= 4 is 37.7 Å². The highest BCUT2D eigenvalue weighted by molar-refractivity contribution is 9.10. The summed E-state index contributed by atoms with van der Waals surface area (Å²) in [4.78, 5) is 4.50. The summed E-state index contributed by atoms with van der Waals surface area (Å²) in [5.41, 5.74) is 5.68. The number of halogens is 1. The molecule has 0 aliphatic carbocycles. The minimum Gasteiger partial charge on any atom is -0.309 e. The van der Waals surface area contributed by atoms with E-state index < -0.39 is 0 Å². The fourth-order valence-electron chi connectivity index (χ4n) is 3.54. The summed E-state index contributed by atoms with van der Waals surface area (Å²) >= 11 is 3.62. The van der Waals surface area contributed by atoms with Gasteiger partial charge in [-0.25, -0.2) is 0 Å². The normalized spacial score (nSPS) is 11.3. The first kappa shape index (κ1) is 15.4. The number of hydrogen-bond acceptors (Lipinski definition) is 1. The van der Waals surface area contributed by atoms with Gasteiger partial charge in [-0.1, -0.05) is 52.3 Å². The van der Waals surface area contributed by atoms with Crippen LogP contribution in [0, 0.1) is 0 Å². The van der Waals surface area contributed by atoms with Crippen LogP contribution < -0.4 is 0 Å². The first-order valence-electron chi connectivity index (χ1n) is 8.52. The summed E-state index contributed by atoms with van der Waals surface area (Å²) in [6.07, 6.45) is 1.84. The standard InChI is InChI=1S/C23H15BrN2/c24-17-10-11-19-20-14-16(21-8-4-5-13-25-21)9-12-22(20)26(23(19)15-17)18-6-2-1-3-7-18/h1-15H. The maximum Gasteiger partial charge on any atom is 0.0702 e. The molecule has 3 heteroatoms. The van der Waals surface area contributed by atoms with E-state index in [-0.39, 0.29) is 0 Å². The zero-order valence-corrected chi connectivity index (χ0v) is 15.5. The molecule has 26 heavy (non-hydrogen) atoms. The Labute approximate surface area is 159 Å². The monoisotopic (exact) mass is 398 g/mol. The average Bonchev–Trinajstić information content (AvgIpc) is 3.02. The van der Waals surface area contributed by atoms with Gasteiger partial charge in [0.1, 0.15) is 0 Å². The number of nitrogens with zero attached hydrogens (tertiary/aromatic N) is 2. The number of para-hydroxylation sites is 1. The van der Waals surface area contributed by atoms with Crippen molar-refractivity contribution in [1.29, 1.82) is 0 Å². The van der Waals surface area contributed by atoms with Crippen molar-refractivity contribution < 1.29 is 0 Å². The van der Waals surface area contributed by atoms with Crippen LogP contribution in [0.5, 0.6) is 0 Å². The second-order valence-corrected chi connectivity index (χ2v) is 7.20. The SMILES string of the molecule is Brc1ccc2c3cc(-c4ccccn4)ccc3n(-c3ccccc3)c2c1. The van der Waals surface area contributed by atoms with E-state index in [4.69, 9.17) is 0 Å². The number of benzene rings is 3. The summed E-state index contributed by atoms with van der Waals surface area (Å²) in [6.45, 7) is 0. The van der Waals surface area contributed by atoms with Gasteiger partial charge < -0.3 is 4.57 Å². The molecule has 2 nitrogen and oxygen atoms in total. The van der Waals surface area contributed by atoms with Crippen molar-refractivity contribution in [3.8, 4) is 16.9 Å². The van der Waals surface area contributed by atoms with Crippen molar-refractivity contribution in [2.24, 2.45) is 0 Å². The molecule has 0 radical (unpaired) electrons. The van der Waals surface area contributed by atoms with E-state index in [0.29, 0.717) is 0 Å². The van der Waals surface area contributed by atoms with Crippen LogP contribution in [0.1, 0.15) is 0 Å². The van der Waals surface area contributed by atoms with Gasteiger partial charge in [-0.3, -0.25) is 4.98 Å². The van der Waals surface area contributed by atoms with E-state index in [2.05, 4.69) is 86.1 Å². The van der Waals surface area contributed by atoms with Gasteiger partial charge in [-0.05, 0) is 48.5 Å². The lowest BCUT2D eigenvalue weighted by Gasteiger charge is -2.08. The molecular weight excluding hydrogens is 384 g/mol. The highest BCUT2D eigenvalue weighted by Gasteiger charge is 2.13. The van der Waals surface area contributed by atoms with Crippen molar-refractivity contribution in [3.63, 3.8) is 0 Å². The molecule has 0 spiro atoms. The molecule has 3 aromatic carbocycles. The van der Waals surface area contributed by atoms with Crippen LogP contribution in [0.15, 0.2) is 95.6 Å². The molecule has 0 N–H and O–H groups in total. The Morgan fingerprint density at radius 1 is 0.692 bits per heavy atom. The van der Waals surface area contributed by atoms with Crippen molar-refractivity contribution in [2.45, 2.75) is 0 Å². The van der Waals surface area contributed by atoms with Crippen LogP contribution in [0.25, 0.3) is 38.8 Å². The van der Waals surface area contributed by atoms with Gasteiger partial charge in [0.15, 0.2) is 0 Å². The maximum atomic E-state index is 4.50. The summed E-state index contributed by atoms with van der Waals surface area (Å²) in [7, 11) is 0. The van der Waals surface area contributed by atoms with Crippen molar-refractivity contribution in [1.82, 2.24) is 9.55 Å². The van der Waals surface area contributed by atoms with Gasteiger partial charge in [0, 0.05) is 32.7 Å². The summed E-state index contributed by atoms with van der Waals surface area (Å²) in [6, 6.07) is 29.6. The Hall–Kier alpha value is -2.91. The Morgan fingerprint density at radius 3 is 2.35 bits per heavy atom. The number of rotatable bonds is 2. The smallest absolute Gasteiger partial charge is 0.0702 e. The lowest BCUT2D eigenvalue weighted by Crippen LogP contribution is -1.93. The van der Waals surface area contributed by atoms with E-state index in [9.17, 15) is 0 Å². The van der Waals surface area contributed by atoms with Crippen molar-refractivity contribution in [2.75, 3.05) is 0 Å². The van der Waals surface area contributed by atoms with Gasteiger partial charge in [-0.2, -0.15) is 0 Å². The number of fused-ring (bicyclic) bond motifs is 3. The third-order valence-electron chi connectivity index (χ3n) is 4.70. The van der Waals surface area contributed by atoms with Crippen LogP contribution in [-0.4, -0.2) is 9.55 Å². The molecule has 0 unspecified atom stereocenters. The molecule has 0 bridgehead atoms. The van der Waals surface area contributed by atoms with Gasteiger partial charge >= 0.3 is 0 Å². The molecule has 0 aliphatic heterocycles. The lowest BCUT2D eigenvalue weighted by atomic mass is 10.1. The highest BCUT2D eigenvalue weighted by atomic mass is 79.9. The molecule has 5 rings (SSSR count). The van der Waals surface area contributed by atoms with Crippen LogP contribution in [0.4, 0.5) is 0 Å². The Morgan fingerprint density at radius 2 is 1.54 bits per heavy atom. The highest BCUT2D eigenvalue weighted by Crippen LogP contribution is 2.35. The zero-order chi connectivity index (χ0) is 17.5. The topological polar surface area (TPSA) is 17.8 Å². The third kappa shape index (κ3) is 2.44. The second-order valence-electron chi connectivity index (χ2n) is 6.28. The Balaban J connectivity index is 1.87. The number of pyridine rings is 1. The number of aromatic nitrogens is 2. The predicted octanol–water partition coefficient (Wildman–Crippen LogP) is 6.61. The van der Waals surface area contributed by atoms with Crippen LogP contribution in [0.3, 0.4) is 0 Å². The van der Waals surface area contributed by atoms with Crippen LogP contribution in [-0.2, 0) is 0 Å². The number of hydrogen-bond donors (Lipinski definition) is 0. The molecule has 2 aromatic heterocycles. The van der Waals surface area contributed by atoms with E-state index >= 15 is 0 Å². The van der Waals surface area contributed by atoms with Crippen LogP contribution >= 0.6 is 15.9 Å². The average molecular weight is 399 g/mol. The second kappa shape index (κ2) is 6.11. The molecule has 0 fully saturated rings. The zero-order valence-electron chi connectivity index (χ0n) is 13.9. The summed E-state index contributed by atoms with van der Waals surface area (Å²) in [5, 5.41) is 2.48. The quantitative estimate of drug-likeness (QED) is 0.327. The first-order chi connectivity index (χ1) is 12.8. The molecule has 2 heterocycles. The molecule has 5 aromatic rings. The Bertz CT molecular complexity index is 1230. The fraction of sp³-hybridized carbons (Fsp3) is 0. The van der Waals surface area contributed by atoms with Crippen LogP contribution in [0.2, 0.25) is 0 Å². The van der Waals surface area contributed by atoms with E-state index in [1.807, 2.05) is 30.5 Å². The summed E-state index contributed by atoms with van der Waals surface area (Å²) in [5.74, 6) is 0. The Kier molecular flexibility index (Phi) is 3.61. The maximum absolute atomic E-state index is 4.50. The predicted molar refractivity (Wildman–Crippen MR) is 112 cm³/mol. The third-order valence-corrected chi connectivity index (χ3v) is 5.20. The molecule has 124 valence electrons. The van der Waals surface area contributed by atoms with Crippen molar-refractivity contribution in [3.05, 3.63) is 95.6 Å². The van der Waals surface area contributed by atoms with Gasteiger partial charge in [-0.15, -0.1) is 0 Å². The van der Waals surface area contributed by atoms with E-state index in [1.165, 1.54) is 21.8 Å². The van der Waals surface area contributed by atoms with Gasteiger partial charge in [0.25, 0.3) is 0 Å². The van der Waals surface area contributed by atoms with Gasteiger partial charge in [0.2, 0.25) is 0 Å². The van der Waals surface area contributed by atoms with Gasteiger partial charge in [0.05, 0.1) is 16.7 Å². The molecule has 0 saturated carbocycles. The molecule has 0 atom stereocenters. The van der Waals surface area contributed by atoms with E-state index in [0.717, 1.165) is 21.4 Å². The summed E-state index contributed by atoms with van der Waals surface area (Å²) < 4.78 is 3.40.